The Balaban J connectivity index is 2.24. The summed E-state index contributed by atoms with van der Waals surface area (Å²) in [5.74, 6) is 1.14. The lowest BCUT2D eigenvalue weighted by atomic mass is 10.1. The summed E-state index contributed by atoms with van der Waals surface area (Å²) in [6, 6.07) is 8.64. The molecule has 1 aromatic carbocycles. The summed E-state index contributed by atoms with van der Waals surface area (Å²) in [6.45, 7) is 7.30. The van der Waals surface area contributed by atoms with Gasteiger partial charge in [-0.1, -0.05) is 23.4 Å². The van der Waals surface area contributed by atoms with Gasteiger partial charge in [-0.3, -0.25) is 0 Å². The van der Waals surface area contributed by atoms with E-state index in [4.69, 9.17) is 10.3 Å². The van der Waals surface area contributed by atoms with Crippen LogP contribution in [0.3, 0.4) is 0 Å². The van der Waals surface area contributed by atoms with Crippen LogP contribution in [-0.4, -0.2) is 16.2 Å². The summed E-state index contributed by atoms with van der Waals surface area (Å²) in [4.78, 5) is 6.51. The molecule has 0 saturated carbocycles. The number of nitrogens with two attached hydrogens (primary N) is 1. The molecule has 0 fully saturated rings. The molecule has 0 atom stereocenters. The fraction of sp³-hybridized carbons (Fsp3) is 0.429. The molecule has 2 N–H and O–H groups in total. The summed E-state index contributed by atoms with van der Waals surface area (Å²) in [5.41, 5.74) is 7.91. The smallest absolute Gasteiger partial charge is 0.240 e. The van der Waals surface area contributed by atoms with Gasteiger partial charge in [0.1, 0.15) is 0 Å². The fourth-order valence-electron chi connectivity index (χ4n) is 2.02. The van der Waals surface area contributed by atoms with E-state index in [1.54, 1.807) is 0 Å². The first-order valence-corrected chi connectivity index (χ1v) is 6.45. The molecular weight excluding hydrogens is 240 g/mol. The normalized spacial score (nSPS) is 11.0. The van der Waals surface area contributed by atoms with Crippen LogP contribution in [0.2, 0.25) is 0 Å². The molecule has 5 nitrogen and oxygen atoms in total. The van der Waals surface area contributed by atoms with Gasteiger partial charge in [0.2, 0.25) is 5.89 Å². The highest BCUT2D eigenvalue weighted by Gasteiger charge is 2.16. The molecule has 5 heteroatoms. The highest BCUT2D eigenvalue weighted by molar-refractivity contribution is 5.53. The summed E-state index contributed by atoms with van der Waals surface area (Å²) < 4.78 is 5.05. The van der Waals surface area contributed by atoms with Crippen molar-refractivity contribution in [1.29, 1.82) is 0 Å². The van der Waals surface area contributed by atoms with Crippen molar-refractivity contribution in [3.63, 3.8) is 0 Å². The predicted octanol–water partition coefficient (Wildman–Crippen LogP) is 2.25. The van der Waals surface area contributed by atoms with Gasteiger partial charge in [0, 0.05) is 11.7 Å². The first-order chi connectivity index (χ1) is 9.11. The second-order valence-corrected chi connectivity index (χ2v) is 4.82. The molecule has 0 aliphatic rings. The van der Waals surface area contributed by atoms with Crippen molar-refractivity contribution < 1.29 is 4.52 Å². The van der Waals surface area contributed by atoms with Crippen molar-refractivity contribution in [1.82, 2.24) is 10.1 Å². The molecule has 0 aliphatic carbocycles. The Labute approximate surface area is 113 Å². The molecule has 1 heterocycles. The minimum atomic E-state index is 0.277. The molecule has 0 radical (unpaired) electrons. The van der Waals surface area contributed by atoms with E-state index in [9.17, 15) is 0 Å². The van der Waals surface area contributed by atoms with E-state index >= 15 is 0 Å². The van der Waals surface area contributed by atoms with E-state index in [1.165, 1.54) is 11.3 Å². The zero-order chi connectivity index (χ0) is 13.8. The number of para-hydroxylation sites is 1. The Bertz CT molecular complexity index is 536. The number of aryl methyl sites for hydroxylation is 1. The van der Waals surface area contributed by atoms with E-state index in [0.717, 1.165) is 0 Å². The van der Waals surface area contributed by atoms with Crippen LogP contribution in [0.5, 0.6) is 0 Å². The minimum Gasteiger partial charge on any atom is -0.361 e. The molecule has 0 unspecified atom stereocenters. The number of benzene rings is 1. The third kappa shape index (κ3) is 3.12. The van der Waals surface area contributed by atoms with Crippen LogP contribution < -0.4 is 10.6 Å². The lowest BCUT2D eigenvalue weighted by molar-refractivity contribution is 0.374. The summed E-state index contributed by atoms with van der Waals surface area (Å²) in [6.07, 6.45) is 0. The molecule has 0 saturated heterocycles. The first-order valence-electron chi connectivity index (χ1n) is 6.45. The Hall–Kier alpha value is -1.88. The van der Waals surface area contributed by atoms with E-state index < -0.39 is 0 Å². The average molecular weight is 260 g/mol. The third-order valence-electron chi connectivity index (χ3n) is 3.04. The van der Waals surface area contributed by atoms with Gasteiger partial charge in [-0.05, 0) is 32.4 Å². The quantitative estimate of drug-likeness (QED) is 0.893. The molecule has 0 aliphatic heterocycles. The van der Waals surface area contributed by atoms with Crippen molar-refractivity contribution >= 4 is 5.69 Å². The van der Waals surface area contributed by atoms with Gasteiger partial charge in [0.15, 0.2) is 5.82 Å². The van der Waals surface area contributed by atoms with Gasteiger partial charge in [-0.15, -0.1) is 0 Å². The van der Waals surface area contributed by atoms with Gasteiger partial charge in [0.05, 0.1) is 13.1 Å². The maximum absolute atomic E-state index is 5.48. The standard InChI is InChI=1S/C14H20N4O/c1-10(2)18(12-7-5-4-6-11(12)3)9-13-16-14(8-15)19-17-13/h4-7,10H,8-9,15H2,1-3H3. The molecule has 2 aromatic rings. The minimum absolute atomic E-state index is 0.277. The van der Waals surface area contributed by atoms with E-state index in [2.05, 4.69) is 47.9 Å². The maximum Gasteiger partial charge on any atom is 0.240 e. The maximum atomic E-state index is 5.48. The van der Waals surface area contributed by atoms with E-state index in [1.807, 2.05) is 12.1 Å². The van der Waals surface area contributed by atoms with Crippen molar-refractivity contribution in [2.45, 2.75) is 39.9 Å². The number of hydrogen-bond donors (Lipinski definition) is 1. The molecule has 19 heavy (non-hydrogen) atoms. The van der Waals surface area contributed by atoms with E-state index in [0.29, 0.717) is 24.3 Å². The molecule has 0 spiro atoms. The number of nitrogens with zero attached hydrogens (tertiary/aromatic N) is 3. The fourth-order valence-corrected chi connectivity index (χ4v) is 2.02. The molecule has 0 bridgehead atoms. The van der Waals surface area contributed by atoms with Crippen LogP contribution in [-0.2, 0) is 13.1 Å². The van der Waals surface area contributed by atoms with Gasteiger partial charge in [-0.25, -0.2) is 0 Å². The van der Waals surface area contributed by atoms with Crippen LogP contribution in [0.25, 0.3) is 0 Å². The van der Waals surface area contributed by atoms with Crippen molar-refractivity contribution in [2.75, 3.05) is 4.90 Å². The predicted molar refractivity (Wildman–Crippen MR) is 74.7 cm³/mol. The zero-order valence-electron chi connectivity index (χ0n) is 11.6. The lowest BCUT2D eigenvalue weighted by Gasteiger charge is -2.29. The monoisotopic (exact) mass is 260 g/mol. The van der Waals surface area contributed by atoms with Crippen molar-refractivity contribution in [3.05, 3.63) is 41.5 Å². The highest BCUT2D eigenvalue weighted by Crippen LogP contribution is 2.23. The molecule has 1 aromatic heterocycles. The third-order valence-corrected chi connectivity index (χ3v) is 3.04. The molecule has 102 valence electrons. The van der Waals surface area contributed by atoms with Gasteiger partial charge < -0.3 is 15.2 Å². The van der Waals surface area contributed by atoms with Crippen molar-refractivity contribution in [3.8, 4) is 0 Å². The average Bonchev–Trinajstić information content (AvgIpc) is 2.84. The number of anilines is 1. The van der Waals surface area contributed by atoms with Crippen LogP contribution in [0, 0.1) is 6.92 Å². The van der Waals surface area contributed by atoms with Crippen LogP contribution in [0.4, 0.5) is 5.69 Å². The summed E-state index contributed by atoms with van der Waals surface area (Å²) in [5, 5.41) is 3.96. The zero-order valence-corrected chi connectivity index (χ0v) is 11.6. The van der Waals surface area contributed by atoms with Crippen LogP contribution in [0.1, 0.15) is 31.1 Å². The summed E-state index contributed by atoms with van der Waals surface area (Å²) in [7, 11) is 0. The second-order valence-electron chi connectivity index (χ2n) is 4.82. The number of aromatic nitrogens is 2. The molecular formula is C14H20N4O. The Morgan fingerprint density at radius 2 is 2.05 bits per heavy atom. The molecule has 2 rings (SSSR count). The van der Waals surface area contributed by atoms with Gasteiger partial charge >= 0.3 is 0 Å². The first kappa shape index (κ1) is 13.5. The van der Waals surface area contributed by atoms with Crippen LogP contribution in [0.15, 0.2) is 28.8 Å². The van der Waals surface area contributed by atoms with E-state index in [-0.39, 0.29) is 6.54 Å². The van der Waals surface area contributed by atoms with Gasteiger partial charge in [-0.2, -0.15) is 4.98 Å². The molecule has 0 amide bonds. The summed E-state index contributed by atoms with van der Waals surface area (Å²) >= 11 is 0. The Kier molecular flexibility index (Phi) is 4.16. The van der Waals surface area contributed by atoms with Crippen LogP contribution >= 0.6 is 0 Å². The number of rotatable bonds is 5. The van der Waals surface area contributed by atoms with Gasteiger partial charge in [0.25, 0.3) is 0 Å². The SMILES string of the molecule is Cc1ccccc1N(Cc1noc(CN)n1)C(C)C. The lowest BCUT2D eigenvalue weighted by Crippen LogP contribution is -2.31. The van der Waals surface area contributed by atoms with Crippen molar-refractivity contribution in [2.24, 2.45) is 5.73 Å². The second kappa shape index (κ2) is 5.84. The largest absolute Gasteiger partial charge is 0.361 e. The topological polar surface area (TPSA) is 68.2 Å². The Morgan fingerprint density at radius 1 is 1.32 bits per heavy atom. The Morgan fingerprint density at radius 3 is 2.63 bits per heavy atom. The number of hydrogen-bond acceptors (Lipinski definition) is 5. The highest BCUT2D eigenvalue weighted by atomic mass is 16.5.